The molecule has 4 aliphatic rings. The van der Waals surface area contributed by atoms with Gasteiger partial charge in [0.15, 0.2) is 0 Å². The van der Waals surface area contributed by atoms with Crippen molar-refractivity contribution in [1.82, 2.24) is 19.8 Å². The van der Waals surface area contributed by atoms with Gasteiger partial charge < -0.3 is 19.0 Å². The Balaban J connectivity index is 1.14. The second-order valence-corrected chi connectivity index (χ2v) is 8.31. The SMILES string of the molecule is O=C(NC1CCC(n2cccc3ccnc2-3)CC1)c1coc(CN2CCOCC2)c1. The first-order valence-corrected chi connectivity index (χ1v) is 10.9. The van der Waals surface area contributed by atoms with Crippen LogP contribution in [-0.4, -0.2) is 52.7 Å². The van der Waals surface area contributed by atoms with E-state index in [2.05, 4.69) is 44.2 Å². The molecule has 1 aliphatic carbocycles. The fraction of sp³-hybridized carbons (Fsp3) is 0.478. The van der Waals surface area contributed by atoms with Gasteiger partial charge in [-0.15, -0.1) is 0 Å². The van der Waals surface area contributed by atoms with Crippen LogP contribution in [0.1, 0.15) is 47.8 Å². The first kappa shape index (κ1) is 19.3. The number of ether oxygens (including phenoxy) is 1. The Morgan fingerprint density at radius 2 is 2.00 bits per heavy atom. The molecule has 1 N–H and O–H groups in total. The number of hydrogen-bond donors (Lipinski definition) is 1. The van der Waals surface area contributed by atoms with E-state index in [1.165, 1.54) is 5.56 Å². The van der Waals surface area contributed by atoms with E-state index in [9.17, 15) is 4.79 Å². The fourth-order valence-electron chi connectivity index (χ4n) is 4.62. The second kappa shape index (κ2) is 8.62. The largest absolute Gasteiger partial charge is 0.467 e. The van der Waals surface area contributed by atoms with Crippen molar-refractivity contribution in [2.75, 3.05) is 26.3 Å². The maximum absolute atomic E-state index is 12.7. The Morgan fingerprint density at radius 3 is 2.83 bits per heavy atom. The van der Waals surface area contributed by atoms with Crippen molar-refractivity contribution in [2.45, 2.75) is 44.3 Å². The summed E-state index contributed by atoms with van der Waals surface area (Å²) in [7, 11) is 0. The molecule has 0 aromatic carbocycles. The van der Waals surface area contributed by atoms with Gasteiger partial charge in [0.25, 0.3) is 5.91 Å². The Labute approximate surface area is 176 Å². The molecule has 0 bridgehead atoms. The van der Waals surface area contributed by atoms with Gasteiger partial charge in [0, 0.05) is 43.1 Å². The summed E-state index contributed by atoms with van der Waals surface area (Å²) in [5, 5.41) is 3.20. The number of nitrogens with one attached hydrogen (secondary N) is 1. The lowest BCUT2D eigenvalue weighted by Crippen LogP contribution is -2.38. The monoisotopic (exact) mass is 408 g/mol. The molecular formula is C23H28N4O3. The normalized spacial score (nSPS) is 22.9. The number of fused-ring (bicyclic) bond motifs is 1. The topological polar surface area (TPSA) is 72.5 Å². The quantitative estimate of drug-likeness (QED) is 0.701. The summed E-state index contributed by atoms with van der Waals surface area (Å²) in [5.41, 5.74) is 1.79. The molecule has 0 unspecified atom stereocenters. The fourth-order valence-corrected chi connectivity index (χ4v) is 4.62. The van der Waals surface area contributed by atoms with Gasteiger partial charge in [-0.2, -0.15) is 0 Å². The van der Waals surface area contributed by atoms with Crippen LogP contribution in [-0.2, 0) is 11.3 Å². The third-order valence-corrected chi connectivity index (χ3v) is 6.30. The lowest BCUT2D eigenvalue weighted by atomic mass is 9.90. The van der Waals surface area contributed by atoms with Gasteiger partial charge in [0.1, 0.15) is 17.8 Å². The first-order chi connectivity index (χ1) is 14.8. The van der Waals surface area contributed by atoms with Crippen molar-refractivity contribution in [1.29, 1.82) is 0 Å². The molecule has 30 heavy (non-hydrogen) atoms. The molecule has 158 valence electrons. The standard InChI is InChI=1S/C23H28N4O3/c28-23(18-14-21(30-16-18)15-26-10-12-29-13-11-26)25-19-3-5-20(6-4-19)27-9-1-2-17-7-8-24-22(17)27/h1-2,7-9,14,16,19-20H,3-6,10-13,15H2,(H,25,28). The van der Waals surface area contributed by atoms with Crippen molar-refractivity contribution in [3.63, 3.8) is 0 Å². The molecule has 7 nitrogen and oxygen atoms in total. The Kier molecular flexibility index (Phi) is 5.55. The highest BCUT2D eigenvalue weighted by atomic mass is 16.5. The van der Waals surface area contributed by atoms with Crippen LogP contribution in [0.2, 0.25) is 0 Å². The maximum Gasteiger partial charge on any atom is 0.254 e. The minimum absolute atomic E-state index is 0.0390. The van der Waals surface area contributed by atoms with E-state index in [1.807, 2.05) is 12.3 Å². The number of pyridine rings is 1. The molecule has 7 heteroatoms. The van der Waals surface area contributed by atoms with E-state index >= 15 is 0 Å². The Bertz CT molecular complexity index is 951. The minimum atomic E-state index is -0.0390. The lowest BCUT2D eigenvalue weighted by molar-refractivity contribution is 0.0313. The molecule has 1 aromatic rings. The first-order valence-electron chi connectivity index (χ1n) is 10.9. The van der Waals surface area contributed by atoms with Crippen LogP contribution in [0.25, 0.3) is 11.4 Å². The van der Waals surface area contributed by atoms with Crippen LogP contribution < -0.4 is 5.32 Å². The number of morpholine rings is 1. The van der Waals surface area contributed by atoms with Crippen molar-refractivity contribution < 1.29 is 13.9 Å². The summed E-state index contributed by atoms with van der Waals surface area (Å²) in [6, 6.07) is 8.75. The van der Waals surface area contributed by atoms with Gasteiger partial charge >= 0.3 is 0 Å². The van der Waals surface area contributed by atoms with Crippen LogP contribution >= 0.6 is 0 Å². The number of amides is 1. The summed E-state index contributed by atoms with van der Waals surface area (Å²) in [5.74, 6) is 1.84. The summed E-state index contributed by atoms with van der Waals surface area (Å²) in [4.78, 5) is 19.5. The van der Waals surface area contributed by atoms with E-state index in [0.29, 0.717) is 11.6 Å². The molecule has 2 fully saturated rings. The predicted octanol–water partition coefficient (Wildman–Crippen LogP) is 3.33. The van der Waals surface area contributed by atoms with Crippen molar-refractivity contribution in [3.05, 3.63) is 54.2 Å². The van der Waals surface area contributed by atoms with Crippen LogP contribution in [0.3, 0.4) is 0 Å². The van der Waals surface area contributed by atoms with E-state index in [4.69, 9.17) is 9.15 Å². The van der Waals surface area contributed by atoms with E-state index in [1.54, 1.807) is 6.26 Å². The van der Waals surface area contributed by atoms with Gasteiger partial charge in [-0.3, -0.25) is 9.69 Å². The third-order valence-electron chi connectivity index (χ3n) is 6.30. The second-order valence-electron chi connectivity index (χ2n) is 8.31. The number of carbonyl (C=O) groups excluding carboxylic acids is 1. The van der Waals surface area contributed by atoms with Crippen LogP contribution in [0.5, 0.6) is 0 Å². The van der Waals surface area contributed by atoms with E-state index < -0.39 is 0 Å². The summed E-state index contributed by atoms with van der Waals surface area (Å²) < 4.78 is 13.3. The van der Waals surface area contributed by atoms with Crippen molar-refractivity contribution >= 4 is 5.91 Å². The van der Waals surface area contributed by atoms with Crippen molar-refractivity contribution in [3.8, 4) is 11.4 Å². The number of aromatic nitrogens is 2. The molecule has 1 saturated carbocycles. The van der Waals surface area contributed by atoms with Gasteiger partial charge in [-0.25, -0.2) is 4.98 Å². The van der Waals surface area contributed by atoms with Gasteiger partial charge in [0.2, 0.25) is 0 Å². The zero-order valence-electron chi connectivity index (χ0n) is 17.1. The summed E-state index contributed by atoms with van der Waals surface area (Å²) >= 11 is 0. The van der Waals surface area contributed by atoms with Crippen LogP contribution in [0.4, 0.5) is 0 Å². The van der Waals surface area contributed by atoms with E-state index in [-0.39, 0.29) is 11.9 Å². The molecule has 0 atom stereocenters. The van der Waals surface area contributed by atoms with Gasteiger partial charge in [-0.1, -0.05) is 0 Å². The highest BCUT2D eigenvalue weighted by molar-refractivity contribution is 5.94. The van der Waals surface area contributed by atoms with Crippen LogP contribution in [0.15, 0.2) is 47.3 Å². The zero-order valence-corrected chi connectivity index (χ0v) is 17.1. The number of hydrogen-bond acceptors (Lipinski definition) is 5. The molecule has 0 spiro atoms. The third kappa shape index (κ3) is 4.13. The lowest BCUT2D eigenvalue weighted by Gasteiger charge is -2.31. The summed E-state index contributed by atoms with van der Waals surface area (Å²) in [6.07, 6.45) is 9.59. The highest BCUT2D eigenvalue weighted by Gasteiger charge is 2.26. The highest BCUT2D eigenvalue weighted by Crippen LogP contribution is 2.32. The number of furan rings is 1. The molecule has 4 heterocycles. The average Bonchev–Trinajstić information content (AvgIpc) is 3.44. The molecule has 1 saturated heterocycles. The smallest absolute Gasteiger partial charge is 0.254 e. The van der Waals surface area contributed by atoms with Gasteiger partial charge in [0.05, 0.1) is 25.3 Å². The van der Waals surface area contributed by atoms with Crippen molar-refractivity contribution in [2.24, 2.45) is 0 Å². The Morgan fingerprint density at radius 1 is 1.17 bits per heavy atom. The zero-order chi connectivity index (χ0) is 20.3. The maximum atomic E-state index is 12.7. The number of nitrogens with zero attached hydrogens (tertiary/aromatic N) is 3. The predicted molar refractivity (Wildman–Crippen MR) is 112 cm³/mol. The minimum Gasteiger partial charge on any atom is -0.467 e. The van der Waals surface area contributed by atoms with E-state index in [0.717, 1.165) is 70.1 Å². The van der Waals surface area contributed by atoms with Crippen LogP contribution in [0, 0.1) is 0 Å². The molecule has 5 rings (SSSR count). The number of rotatable bonds is 5. The number of carbonyl (C=O) groups is 1. The summed E-state index contributed by atoms with van der Waals surface area (Å²) in [6.45, 7) is 4.03. The molecule has 1 amide bonds. The molecule has 3 aliphatic heterocycles. The van der Waals surface area contributed by atoms with Gasteiger partial charge in [-0.05, 0) is 49.9 Å². The average molecular weight is 409 g/mol. The molecular weight excluding hydrogens is 380 g/mol. The molecule has 1 aromatic heterocycles. The molecule has 0 radical (unpaired) electrons. The Hall–Kier alpha value is -2.64.